The van der Waals surface area contributed by atoms with Gasteiger partial charge in [-0.05, 0) is 55.2 Å². The fourth-order valence-electron chi connectivity index (χ4n) is 4.24. The van der Waals surface area contributed by atoms with E-state index in [1.165, 1.54) is 31.0 Å². The Bertz CT molecular complexity index is 673. The second kappa shape index (κ2) is 7.45. The Labute approximate surface area is 158 Å². The van der Waals surface area contributed by atoms with Crippen molar-refractivity contribution >= 4 is 17.5 Å². The van der Waals surface area contributed by atoms with E-state index in [1.807, 2.05) is 4.90 Å². The molecule has 0 bridgehead atoms. The van der Waals surface area contributed by atoms with Gasteiger partial charge in [0.2, 0.25) is 0 Å². The fourth-order valence-corrected chi connectivity index (χ4v) is 4.42. The quantitative estimate of drug-likeness (QED) is 0.779. The molecule has 26 heavy (non-hydrogen) atoms. The first-order valence-corrected chi connectivity index (χ1v) is 9.85. The van der Waals surface area contributed by atoms with Gasteiger partial charge in [-0.15, -0.1) is 0 Å². The largest absolute Gasteiger partial charge is 0.381 e. The Morgan fingerprint density at radius 1 is 1.31 bits per heavy atom. The van der Waals surface area contributed by atoms with Gasteiger partial charge in [-0.2, -0.15) is 0 Å². The van der Waals surface area contributed by atoms with Gasteiger partial charge >= 0.3 is 0 Å². The number of carbonyl (C=O) groups excluding carboxylic acids is 1. The van der Waals surface area contributed by atoms with Crippen LogP contribution in [0.5, 0.6) is 0 Å². The predicted molar refractivity (Wildman–Crippen MR) is 96.8 cm³/mol. The van der Waals surface area contributed by atoms with Crippen molar-refractivity contribution in [3.05, 3.63) is 34.6 Å². The van der Waals surface area contributed by atoms with Gasteiger partial charge in [0.1, 0.15) is 5.82 Å². The minimum atomic E-state index is -0.503. The van der Waals surface area contributed by atoms with Crippen molar-refractivity contribution < 1.29 is 18.7 Å². The molecule has 1 saturated carbocycles. The number of ether oxygens (including phenoxy) is 2. The molecule has 4 nitrogen and oxygen atoms in total. The molecule has 2 aliphatic heterocycles. The van der Waals surface area contributed by atoms with Crippen LogP contribution in [0.25, 0.3) is 0 Å². The molecule has 4 rings (SSSR count). The highest BCUT2D eigenvalue weighted by atomic mass is 35.5. The first-order chi connectivity index (χ1) is 12.6. The van der Waals surface area contributed by atoms with Crippen LogP contribution in [0, 0.1) is 23.1 Å². The van der Waals surface area contributed by atoms with Gasteiger partial charge in [-0.25, -0.2) is 4.39 Å². The summed E-state index contributed by atoms with van der Waals surface area (Å²) in [7, 11) is 0. The summed E-state index contributed by atoms with van der Waals surface area (Å²) >= 11 is 5.86. The molecule has 1 aliphatic carbocycles. The van der Waals surface area contributed by atoms with Gasteiger partial charge in [-0.1, -0.05) is 11.6 Å². The van der Waals surface area contributed by atoms with Gasteiger partial charge in [0.05, 0.1) is 11.6 Å². The molecular formula is C20H25ClFNO3. The van der Waals surface area contributed by atoms with E-state index in [9.17, 15) is 9.18 Å². The number of hydrogen-bond donors (Lipinski definition) is 0. The maximum Gasteiger partial charge on any atom is 0.253 e. The first kappa shape index (κ1) is 18.2. The Kier molecular flexibility index (Phi) is 5.22. The summed E-state index contributed by atoms with van der Waals surface area (Å²) in [6, 6.07) is 4.19. The molecule has 2 saturated heterocycles. The van der Waals surface area contributed by atoms with E-state index in [0.29, 0.717) is 31.2 Å². The number of nitrogens with zero attached hydrogens (tertiary/aromatic N) is 1. The molecule has 1 aromatic rings. The number of benzene rings is 1. The number of carbonyl (C=O) groups is 1. The lowest BCUT2D eigenvalue weighted by molar-refractivity contribution is -0.0245. The number of amides is 1. The average molecular weight is 382 g/mol. The highest BCUT2D eigenvalue weighted by Crippen LogP contribution is 2.45. The van der Waals surface area contributed by atoms with Crippen LogP contribution in [0.2, 0.25) is 5.02 Å². The van der Waals surface area contributed by atoms with Crippen LogP contribution in [0.15, 0.2) is 18.2 Å². The molecule has 3 aliphatic rings. The minimum Gasteiger partial charge on any atom is -0.381 e. The lowest BCUT2D eigenvalue weighted by Gasteiger charge is -2.37. The second-order valence-electron chi connectivity index (χ2n) is 7.97. The van der Waals surface area contributed by atoms with Crippen LogP contribution in [-0.2, 0) is 9.47 Å². The number of rotatable bonds is 5. The van der Waals surface area contributed by atoms with Crippen LogP contribution in [0.4, 0.5) is 4.39 Å². The summed E-state index contributed by atoms with van der Waals surface area (Å²) in [6.07, 6.45) is 4.47. The van der Waals surface area contributed by atoms with Crippen molar-refractivity contribution in [3.63, 3.8) is 0 Å². The van der Waals surface area contributed by atoms with Crippen LogP contribution < -0.4 is 0 Å². The summed E-state index contributed by atoms with van der Waals surface area (Å²) in [4.78, 5) is 14.8. The number of hydrogen-bond acceptors (Lipinski definition) is 3. The summed E-state index contributed by atoms with van der Waals surface area (Å²) < 4.78 is 25.0. The second-order valence-corrected chi connectivity index (χ2v) is 8.37. The topological polar surface area (TPSA) is 38.8 Å². The molecule has 1 amide bonds. The molecule has 142 valence electrons. The van der Waals surface area contributed by atoms with E-state index in [-0.39, 0.29) is 16.3 Å². The van der Waals surface area contributed by atoms with Gasteiger partial charge < -0.3 is 14.4 Å². The van der Waals surface area contributed by atoms with E-state index in [1.54, 1.807) is 0 Å². The molecular weight excluding hydrogens is 357 g/mol. The van der Waals surface area contributed by atoms with Crippen LogP contribution >= 0.6 is 11.6 Å². The lowest BCUT2D eigenvalue weighted by Crippen LogP contribution is -2.39. The summed E-state index contributed by atoms with van der Waals surface area (Å²) in [5.74, 6) is 0.477. The standard InChI is InChI=1S/C20H25ClFNO3/c21-17-9-15(3-4-18(17)22)19(24)23-10-16(12-26-11-14-1-2-14)20(13-23)5-7-25-8-6-20/h3-4,9,14,16H,1-2,5-8,10-13H2. The Morgan fingerprint density at radius 2 is 2.08 bits per heavy atom. The van der Waals surface area contributed by atoms with Crippen LogP contribution in [0.1, 0.15) is 36.0 Å². The molecule has 1 unspecified atom stereocenters. The van der Waals surface area contributed by atoms with E-state index < -0.39 is 5.82 Å². The monoisotopic (exact) mass is 381 g/mol. The fraction of sp³-hybridized carbons (Fsp3) is 0.650. The number of halogens is 2. The molecule has 1 spiro atoms. The van der Waals surface area contributed by atoms with E-state index >= 15 is 0 Å². The Hall–Kier alpha value is -1.17. The summed E-state index contributed by atoms with van der Waals surface area (Å²) in [5.41, 5.74) is 0.513. The SMILES string of the molecule is O=C(c1ccc(F)c(Cl)c1)N1CC(COCC2CC2)C2(CCOCC2)C1. The van der Waals surface area contributed by atoms with Gasteiger partial charge in [0.25, 0.3) is 5.91 Å². The molecule has 1 aromatic carbocycles. The van der Waals surface area contributed by atoms with Gasteiger partial charge in [-0.3, -0.25) is 4.79 Å². The molecule has 0 N–H and O–H groups in total. The third-order valence-corrected chi connectivity index (χ3v) is 6.41. The molecule has 0 radical (unpaired) electrons. The minimum absolute atomic E-state index is 0.0138. The zero-order chi connectivity index (χ0) is 18.1. The first-order valence-electron chi connectivity index (χ1n) is 9.47. The highest BCUT2D eigenvalue weighted by molar-refractivity contribution is 6.31. The third-order valence-electron chi connectivity index (χ3n) is 6.12. The predicted octanol–water partition coefficient (Wildman–Crippen LogP) is 3.77. The van der Waals surface area contributed by atoms with E-state index in [2.05, 4.69) is 0 Å². The average Bonchev–Trinajstić information content (AvgIpc) is 3.41. The Morgan fingerprint density at radius 3 is 2.77 bits per heavy atom. The van der Waals surface area contributed by atoms with Gasteiger partial charge in [0, 0.05) is 44.4 Å². The van der Waals surface area contributed by atoms with Crippen LogP contribution in [-0.4, -0.2) is 50.3 Å². The number of likely N-dealkylation sites (tertiary alicyclic amines) is 1. The summed E-state index contributed by atoms with van der Waals surface area (Å²) in [6.45, 7) is 4.41. The van der Waals surface area contributed by atoms with Crippen molar-refractivity contribution in [2.24, 2.45) is 17.3 Å². The maximum absolute atomic E-state index is 13.4. The smallest absolute Gasteiger partial charge is 0.253 e. The third kappa shape index (κ3) is 3.75. The van der Waals surface area contributed by atoms with E-state index in [4.69, 9.17) is 21.1 Å². The van der Waals surface area contributed by atoms with Crippen molar-refractivity contribution in [2.45, 2.75) is 25.7 Å². The molecule has 6 heteroatoms. The molecule has 1 atom stereocenters. The zero-order valence-electron chi connectivity index (χ0n) is 14.9. The molecule has 0 aromatic heterocycles. The Balaban J connectivity index is 1.47. The van der Waals surface area contributed by atoms with Gasteiger partial charge in [0.15, 0.2) is 0 Å². The summed E-state index contributed by atoms with van der Waals surface area (Å²) in [5, 5.41) is -0.0138. The maximum atomic E-state index is 13.4. The van der Waals surface area contributed by atoms with Crippen molar-refractivity contribution in [1.29, 1.82) is 0 Å². The molecule has 3 fully saturated rings. The zero-order valence-corrected chi connectivity index (χ0v) is 15.6. The normalized spacial score (nSPS) is 25.0. The van der Waals surface area contributed by atoms with E-state index in [0.717, 1.165) is 38.6 Å². The highest BCUT2D eigenvalue weighted by Gasteiger charge is 2.48. The van der Waals surface area contributed by atoms with Crippen molar-refractivity contribution in [3.8, 4) is 0 Å². The lowest BCUT2D eigenvalue weighted by atomic mass is 9.72. The van der Waals surface area contributed by atoms with Crippen LogP contribution in [0.3, 0.4) is 0 Å². The molecule has 2 heterocycles. The van der Waals surface area contributed by atoms with Crippen molar-refractivity contribution in [1.82, 2.24) is 4.90 Å². The van der Waals surface area contributed by atoms with Crippen molar-refractivity contribution in [2.75, 3.05) is 39.5 Å².